The second kappa shape index (κ2) is 12.4. The fourth-order valence-corrected chi connectivity index (χ4v) is 4.22. The average molecular weight is 397 g/mol. The van der Waals surface area contributed by atoms with E-state index in [0.717, 1.165) is 25.7 Å². The number of allylic oxidation sites excluding steroid dienone is 2. The number of carboxylic acid groups (broad SMARTS) is 1. The zero-order valence-electron chi connectivity index (χ0n) is 17.9. The molecule has 1 rings (SSSR count). The van der Waals surface area contributed by atoms with Gasteiger partial charge in [0.2, 0.25) is 0 Å². The predicted molar refractivity (Wildman–Crippen MR) is 111 cm³/mol. The molecule has 1 aliphatic rings. The number of hydrogen-bond donors (Lipinski definition) is 3. The second-order valence-corrected chi connectivity index (χ2v) is 9.19. The monoisotopic (exact) mass is 396 g/mol. The van der Waals surface area contributed by atoms with Crippen molar-refractivity contribution >= 4 is 11.8 Å². The zero-order chi connectivity index (χ0) is 21.2. The van der Waals surface area contributed by atoms with E-state index in [2.05, 4.69) is 32.9 Å². The van der Waals surface area contributed by atoms with Gasteiger partial charge < -0.3 is 15.3 Å². The smallest absolute Gasteiger partial charge is 0.332 e. The van der Waals surface area contributed by atoms with Crippen LogP contribution in [0.25, 0.3) is 0 Å². The molecule has 28 heavy (non-hydrogen) atoms. The Kier molecular flexibility index (Phi) is 11.0. The van der Waals surface area contributed by atoms with Gasteiger partial charge in [-0.3, -0.25) is 4.79 Å². The molecule has 4 atom stereocenters. The Morgan fingerprint density at radius 2 is 1.96 bits per heavy atom. The first kappa shape index (κ1) is 24.8. The fourth-order valence-electron chi connectivity index (χ4n) is 4.22. The van der Waals surface area contributed by atoms with Crippen molar-refractivity contribution in [3.05, 3.63) is 12.2 Å². The number of carboxylic acids is 1. The Hall–Kier alpha value is -1.20. The number of unbranched alkanes of at least 4 members (excludes halogenated alkanes) is 3. The minimum Gasteiger partial charge on any atom is -0.479 e. The van der Waals surface area contributed by atoms with Gasteiger partial charge in [-0.05, 0) is 42.9 Å². The molecule has 0 spiro atoms. The van der Waals surface area contributed by atoms with Gasteiger partial charge in [0, 0.05) is 18.9 Å². The minimum absolute atomic E-state index is 0.0151. The first-order valence-corrected chi connectivity index (χ1v) is 10.9. The quantitative estimate of drug-likeness (QED) is 0.299. The van der Waals surface area contributed by atoms with Gasteiger partial charge in [0.1, 0.15) is 5.78 Å². The molecule has 1 saturated carbocycles. The van der Waals surface area contributed by atoms with Gasteiger partial charge in [0.25, 0.3) is 0 Å². The van der Waals surface area contributed by atoms with E-state index in [1.54, 1.807) is 0 Å². The highest BCUT2D eigenvalue weighted by Crippen LogP contribution is 2.39. The average Bonchev–Trinajstić information content (AvgIpc) is 2.94. The molecule has 5 heteroatoms. The first-order valence-electron chi connectivity index (χ1n) is 10.9. The number of aliphatic hydroxyl groups excluding tert-OH is 2. The third-order valence-corrected chi connectivity index (χ3v) is 6.13. The lowest BCUT2D eigenvalue weighted by Crippen LogP contribution is -2.19. The summed E-state index contributed by atoms with van der Waals surface area (Å²) in [6.45, 7) is 6.80. The van der Waals surface area contributed by atoms with E-state index in [1.807, 2.05) is 0 Å². The number of aliphatic hydroxyl groups is 2. The molecule has 0 aromatic carbocycles. The topological polar surface area (TPSA) is 94.8 Å². The van der Waals surface area contributed by atoms with Crippen LogP contribution < -0.4 is 0 Å². The van der Waals surface area contributed by atoms with E-state index < -0.39 is 12.1 Å². The normalized spacial score (nSPS) is 24.2. The largest absolute Gasteiger partial charge is 0.479 e. The number of rotatable bonds is 14. The van der Waals surface area contributed by atoms with Crippen molar-refractivity contribution in [3.8, 4) is 0 Å². The number of hydrogen-bond acceptors (Lipinski definition) is 4. The van der Waals surface area contributed by atoms with Crippen molar-refractivity contribution in [1.82, 2.24) is 0 Å². The van der Waals surface area contributed by atoms with Crippen LogP contribution in [0, 0.1) is 23.2 Å². The lowest BCUT2D eigenvalue weighted by atomic mass is 9.81. The molecule has 5 nitrogen and oxygen atoms in total. The molecule has 0 aromatic heterocycles. The van der Waals surface area contributed by atoms with Crippen LogP contribution in [0.15, 0.2) is 12.2 Å². The van der Waals surface area contributed by atoms with Crippen LogP contribution in [0.4, 0.5) is 0 Å². The number of carbonyl (C=O) groups excluding carboxylic acids is 1. The van der Waals surface area contributed by atoms with Crippen molar-refractivity contribution in [1.29, 1.82) is 0 Å². The van der Waals surface area contributed by atoms with Crippen molar-refractivity contribution in [2.24, 2.45) is 23.2 Å². The lowest BCUT2D eigenvalue weighted by Gasteiger charge is -2.24. The summed E-state index contributed by atoms with van der Waals surface area (Å²) in [6.07, 6.45) is 11.4. The third-order valence-electron chi connectivity index (χ3n) is 6.13. The molecule has 0 heterocycles. The van der Waals surface area contributed by atoms with E-state index in [9.17, 15) is 19.8 Å². The Morgan fingerprint density at radius 1 is 1.25 bits per heavy atom. The van der Waals surface area contributed by atoms with Crippen molar-refractivity contribution in [3.63, 3.8) is 0 Å². The van der Waals surface area contributed by atoms with Crippen molar-refractivity contribution in [2.75, 3.05) is 6.61 Å². The van der Waals surface area contributed by atoms with Crippen molar-refractivity contribution in [2.45, 2.75) is 91.1 Å². The molecule has 0 bridgehead atoms. The van der Waals surface area contributed by atoms with E-state index in [1.165, 1.54) is 19.3 Å². The van der Waals surface area contributed by atoms with E-state index in [-0.39, 0.29) is 42.0 Å². The summed E-state index contributed by atoms with van der Waals surface area (Å²) in [5.74, 6) is -0.865. The second-order valence-electron chi connectivity index (χ2n) is 9.19. The van der Waals surface area contributed by atoms with E-state index in [4.69, 9.17) is 5.11 Å². The molecule has 0 amide bonds. The summed E-state index contributed by atoms with van der Waals surface area (Å²) in [7, 11) is 0. The van der Waals surface area contributed by atoms with Crippen LogP contribution in [0.3, 0.4) is 0 Å². The van der Waals surface area contributed by atoms with Crippen LogP contribution in [-0.2, 0) is 9.59 Å². The lowest BCUT2D eigenvalue weighted by molar-refractivity contribution is -0.147. The van der Waals surface area contributed by atoms with Gasteiger partial charge in [-0.2, -0.15) is 0 Å². The highest BCUT2D eigenvalue weighted by Gasteiger charge is 2.39. The highest BCUT2D eigenvalue weighted by atomic mass is 16.4. The molecule has 0 radical (unpaired) electrons. The van der Waals surface area contributed by atoms with E-state index in [0.29, 0.717) is 12.8 Å². The van der Waals surface area contributed by atoms with Crippen LogP contribution in [0.5, 0.6) is 0 Å². The summed E-state index contributed by atoms with van der Waals surface area (Å²) in [6, 6.07) is 0. The third kappa shape index (κ3) is 8.44. The summed E-state index contributed by atoms with van der Waals surface area (Å²) in [5, 5.41) is 27.7. The van der Waals surface area contributed by atoms with Crippen LogP contribution >= 0.6 is 0 Å². The van der Waals surface area contributed by atoms with Gasteiger partial charge in [0.05, 0.1) is 0 Å². The van der Waals surface area contributed by atoms with Crippen molar-refractivity contribution < 1.29 is 24.9 Å². The number of Topliss-reactive ketones (excluding diaryl/α,β-unsaturated/α-hetero) is 1. The Labute approximate surface area is 170 Å². The maximum absolute atomic E-state index is 12.5. The molecule has 1 fully saturated rings. The van der Waals surface area contributed by atoms with Gasteiger partial charge in [-0.15, -0.1) is 0 Å². The molecule has 0 saturated heterocycles. The van der Waals surface area contributed by atoms with E-state index >= 15 is 0 Å². The number of aliphatic carboxylic acids is 1. The summed E-state index contributed by atoms with van der Waals surface area (Å²) >= 11 is 0. The summed E-state index contributed by atoms with van der Waals surface area (Å²) in [5.41, 5.74) is 0.254. The Balaban J connectivity index is 2.54. The van der Waals surface area contributed by atoms with Gasteiger partial charge in [0.15, 0.2) is 6.10 Å². The Morgan fingerprint density at radius 3 is 2.57 bits per heavy atom. The number of ketones is 1. The SMILES string of the molecule is CCCCC(C)(C)C/C=C/[C@H]1[C@H](CO)CC(=O)[C@@H]1CCCCCC(O)C(=O)O. The molecule has 1 aliphatic carbocycles. The highest BCUT2D eigenvalue weighted by molar-refractivity contribution is 5.84. The minimum atomic E-state index is -1.29. The molecule has 162 valence electrons. The summed E-state index contributed by atoms with van der Waals surface area (Å²) < 4.78 is 0. The number of carbonyl (C=O) groups is 2. The molecule has 1 unspecified atom stereocenters. The van der Waals surface area contributed by atoms with Crippen LogP contribution in [0.2, 0.25) is 0 Å². The maximum atomic E-state index is 12.5. The fraction of sp³-hybridized carbons (Fsp3) is 0.826. The standard InChI is InChI=1S/C23H40O5/c1-4-5-13-23(2,3)14-9-11-18-17(16-24)15-21(26)19(18)10-7-6-8-12-20(25)22(27)28/h9,11,17-20,24-25H,4-8,10,12-16H2,1-3H3,(H,27,28)/b11-9+/t17-,18-,19+,20?/m0/s1. The van der Waals surface area contributed by atoms with Crippen LogP contribution in [-0.4, -0.2) is 39.8 Å². The first-order chi connectivity index (χ1) is 13.2. The molecule has 0 aliphatic heterocycles. The molecule has 3 N–H and O–H groups in total. The maximum Gasteiger partial charge on any atom is 0.332 e. The van der Waals surface area contributed by atoms with Gasteiger partial charge >= 0.3 is 5.97 Å². The molecule has 0 aromatic rings. The molecular formula is C23H40O5. The zero-order valence-corrected chi connectivity index (χ0v) is 17.9. The van der Waals surface area contributed by atoms with Gasteiger partial charge in [-0.25, -0.2) is 4.79 Å². The summed E-state index contributed by atoms with van der Waals surface area (Å²) in [4.78, 5) is 23.1. The Bertz CT molecular complexity index is 511. The molecular weight excluding hydrogens is 356 g/mol. The predicted octanol–water partition coefficient (Wildman–Crippen LogP) is 4.36. The van der Waals surface area contributed by atoms with Crippen LogP contribution in [0.1, 0.15) is 85.0 Å². The van der Waals surface area contributed by atoms with Gasteiger partial charge in [-0.1, -0.05) is 65.0 Å².